The minimum atomic E-state index is -2.92. The van der Waals surface area contributed by atoms with Crippen LogP contribution in [0.15, 0.2) is 24.3 Å². The first-order chi connectivity index (χ1) is 10.8. The van der Waals surface area contributed by atoms with E-state index in [-0.39, 0.29) is 35.1 Å². The van der Waals surface area contributed by atoms with E-state index >= 15 is 0 Å². The second-order valence-corrected chi connectivity index (χ2v) is 8.75. The van der Waals surface area contributed by atoms with Gasteiger partial charge in [0.2, 0.25) is 5.91 Å². The first-order valence-corrected chi connectivity index (χ1v) is 9.79. The first-order valence-electron chi connectivity index (χ1n) is 7.97. The molecule has 1 aliphatic rings. The highest BCUT2D eigenvalue weighted by atomic mass is 32.2. The van der Waals surface area contributed by atoms with E-state index in [0.29, 0.717) is 31.4 Å². The normalized spacial score (nSPS) is 21.1. The van der Waals surface area contributed by atoms with Crippen LogP contribution < -0.4 is 0 Å². The van der Waals surface area contributed by atoms with Crippen LogP contribution in [-0.2, 0) is 21.1 Å². The van der Waals surface area contributed by atoms with Gasteiger partial charge in [0.05, 0.1) is 11.5 Å². The highest BCUT2D eigenvalue weighted by Gasteiger charge is 2.30. The number of hydrogen-bond donors (Lipinski definition) is 0. The lowest BCUT2D eigenvalue weighted by Gasteiger charge is -2.24. The van der Waals surface area contributed by atoms with E-state index in [2.05, 4.69) is 0 Å². The molecule has 0 bridgehead atoms. The Morgan fingerprint density at radius 1 is 1.39 bits per heavy atom. The van der Waals surface area contributed by atoms with Crippen LogP contribution in [-0.4, -0.2) is 44.3 Å². The largest absolute Gasteiger partial charge is 0.345 e. The van der Waals surface area contributed by atoms with E-state index in [9.17, 15) is 17.6 Å². The van der Waals surface area contributed by atoms with Crippen molar-refractivity contribution in [3.05, 3.63) is 35.6 Å². The van der Waals surface area contributed by atoms with E-state index in [1.54, 1.807) is 30.1 Å². The Morgan fingerprint density at radius 2 is 2.09 bits per heavy atom. The molecule has 2 atom stereocenters. The number of carbonyl (C=O) groups is 1. The standard InChI is InChI=1S/C17H24FNO3S/c1-13(7-8-15-5-3-4-6-16(15)18)17(20)19(2)11-14-9-10-23(21,22)12-14/h3-6,13-14H,7-12H2,1-2H3/t13-,14-/m1/s1. The van der Waals surface area contributed by atoms with Gasteiger partial charge in [-0.2, -0.15) is 0 Å². The molecule has 1 fully saturated rings. The summed E-state index contributed by atoms with van der Waals surface area (Å²) in [5.74, 6) is -0.0239. The summed E-state index contributed by atoms with van der Waals surface area (Å²) in [4.78, 5) is 14.0. The van der Waals surface area contributed by atoms with Crippen molar-refractivity contribution in [2.45, 2.75) is 26.2 Å². The number of amides is 1. The van der Waals surface area contributed by atoms with Crippen molar-refractivity contribution in [1.82, 2.24) is 4.90 Å². The summed E-state index contributed by atoms with van der Waals surface area (Å²) in [5.41, 5.74) is 0.622. The lowest BCUT2D eigenvalue weighted by atomic mass is 9.99. The molecule has 2 rings (SSSR count). The Bertz CT molecular complexity index is 660. The zero-order valence-electron chi connectivity index (χ0n) is 13.7. The molecule has 0 radical (unpaired) electrons. The van der Waals surface area contributed by atoms with Crippen LogP contribution in [0.5, 0.6) is 0 Å². The number of sulfone groups is 1. The van der Waals surface area contributed by atoms with Crippen LogP contribution in [0.25, 0.3) is 0 Å². The molecule has 128 valence electrons. The van der Waals surface area contributed by atoms with Gasteiger partial charge in [-0.25, -0.2) is 12.8 Å². The van der Waals surface area contributed by atoms with Crippen LogP contribution in [0.4, 0.5) is 4.39 Å². The number of benzene rings is 1. The third-order valence-electron chi connectivity index (χ3n) is 4.46. The number of aryl methyl sites for hydroxylation is 1. The molecule has 4 nitrogen and oxygen atoms in total. The van der Waals surface area contributed by atoms with Gasteiger partial charge in [-0.1, -0.05) is 25.1 Å². The average Bonchev–Trinajstić information content (AvgIpc) is 2.84. The summed E-state index contributed by atoms with van der Waals surface area (Å²) < 4.78 is 36.5. The van der Waals surface area contributed by atoms with E-state index in [0.717, 1.165) is 0 Å². The molecule has 0 unspecified atom stereocenters. The van der Waals surface area contributed by atoms with Crippen molar-refractivity contribution < 1.29 is 17.6 Å². The molecule has 1 amide bonds. The van der Waals surface area contributed by atoms with Crippen molar-refractivity contribution in [3.63, 3.8) is 0 Å². The summed E-state index contributed by atoms with van der Waals surface area (Å²) in [6.45, 7) is 2.31. The quantitative estimate of drug-likeness (QED) is 0.798. The average molecular weight is 341 g/mol. The Kier molecular flexibility index (Phi) is 5.79. The fourth-order valence-corrected chi connectivity index (χ4v) is 4.92. The Balaban J connectivity index is 1.83. The Hall–Kier alpha value is -1.43. The van der Waals surface area contributed by atoms with Crippen molar-refractivity contribution >= 4 is 15.7 Å². The predicted molar refractivity (Wildman–Crippen MR) is 88.3 cm³/mol. The first kappa shape index (κ1) is 17.9. The van der Waals surface area contributed by atoms with E-state index in [1.807, 2.05) is 6.92 Å². The van der Waals surface area contributed by atoms with Gasteiger partial charge < -0.3 is 4.90 Å². The molecule has 0 aromatic heterocycles. The van der Waals surface area contributed by atoms with Crippen LogP contribution in [0, 0.1) is 17.7 Å². The summed E-state index contributed by atoms with van der Waals surface area (Å²) >= 11 is 0. The third-order valence-corrected chi connectivity index (χ3v) is 6.30. The summed E-state index contributed by atoms with van der Waals surface area (Å²) in [7, 11) is -1.20. The number of rotatable bonds is 6. The van der Waals surface area contributed by atoms with Gasteiger partial charge >= 0.3 is 0 Å². The summed E-state index contributed by atoms with van der Waals surface area (Å²) in [5, 5.41) is 0. The molecule has 0 N–H and O–H groups in total. The molecule has 0 saturated carbocycles. The molecule has 1 aliphatic heterocycles. The predicted octanol–water partition coefficient (Wildman–Crippen LogP) is 2.29. The number of carbonyl (C=O) groups excluding carboxylic acids is 1. The van der Waals surface area contributed by atoms with Gasteiger partial charge in [0.1, 0.15) is 5.82 Å². The highest BCUT2D eigenvalue weighted by Crippen LogP contribution is 2.20. The zero-order valence-corrected chi connectivity index (χ0v) is 14.5. The third kappa shape index (κ3) is 5.03. The molecule has 1 aromatic carbocycles. The van der Waals surface area contributed by atoms with Crippen LogP contribution in [0.3, 0.4) is 0 Å². The maximum Gasteiger partial charge on any atom is 0.225 e. The fourth-order valence-electron chi connectivity index (χ4n) is 3.07. The molecule has 0 spiro atoms. The van der Waals surface area contributed by atoms with Crippen LogP contribution in [0.2, 0.25) is 0 Å². The molecular formula is C17H24FNO3S. The van der Waals surface area contributed by atoms with Gasteiger partial charge in [0.25, 0.3) is 0 Å². The van der Waals surface area contributed by atoms with Crippen molar-refractivity contribution in [2.75, 3.05) is 25.1 Å². The lowest BCUT2D eigenvalue weighted by Crippen LogP contribution is -2.36. The van der Waals surface area contributed by atoms with Crippen molar-refractivity contribution in [1.29, 1.82) is 0 Å². The zero-order chi connectivity index (χ0) is 17.0. The van der Waals surface area contributed by atoms with Gasteiger partial charge in [-0.3, -0.25) is 4.79 Å². The lowest BCUT2D eigenvalue weighted by molar-refractivity contribution is -0.134. The van der Waals surface area contributed by atoms with Gasteiger partial charge in [-0.15, -0.1) is 0 Å². The van der Waals surface area contributed by atoms with Gasteiger partial charge in [0, 0.05) is 19.5 Å². The van der Waals surface area contributed by atoms with Crippen molar-refractivity contribution in [2.24, 2.45) is 11.8 Å². The molecule has 0 aliphatic carbocycles. The van der Waals surface area contributed by atoms with Crippen LogP contribution >= 0.6 is 0 Å². The molecule has 1 aromatic rings. The second kappa shape index (κ2) is 7.43. The van der Waals surface area contributed by atoms with Crippen LogP contribution in [0.1, 0.15) is 25.3 Å². The summed E-state index contributed by atoms with van der Waals surface area (Å²) in [6.07, 6.45) is 1.72. The fraction of sp³-hybridized carbons (Fsp3) is 0.588. The molecule has 6 heteroatoms. The molecular weight excluding hydrogens is 317 g/mol. The minimum Gasteiger partial charge on any atom is -0.345 e. The maximum absolute atomic E-state index is 13.6. The van der Waals surface area contributed by atoms with Gasteiger partial charge in [-0.05, 0) is 36.8 Å². The molecule has 23 heavy (non-hydrogen) atoms. The van der Waals surface area contributed by atoms with E-state index in [4.69, 9.17) is 0 Å². The number of nitrogens with zero attached hydrogens (tertiary/aromatic N) is 1. The highest BCUT2D eigenvalue weighted by molar-refractivity contribution is 7.91. The molecule has 1 heterocycles. The number of hydrogen-bond acceptors (Lipinski definition) is 3. The SMILES string of the molecule is C[C@H](CCc1ccccc1F)C(=O)N(C)C[C@H]1CCS(=O)(=O)C1. The summed E-state index contributed by atoms with van der Waals surface area (Å²) in [6, 6.07) is 6.60. The topological polar surface area (TPSA) is 54.5 Å². The van der Waals surface area contributed by atoms with E-state index < -0.39 is 9.84 Å². The van der Waals surface area contributed by atoms with Crippen molar-refractivity contribution in [3.8, 4) is 0 Å². The smallest absolute Gasteiger partial charge is 0.225 e. The molecule has 1 saturated heterocycles. The van der Waals surface area contributed by atoms with E-state index in [1.165, 1.54) is 6.07 Å². The van der Waals surface area contributed by atoms with Gasteiger partial charge in [0.15, 0.2) is 9.84 Å². The maximum atomic E-state index is 13.6. The Morgan fingerprint density at radius 3 is 2.70 bits per heavy atom. The number of halogens is 1. The Labute approximate surface area is 137 Å². The minimum absolute atomic E-state index is 0.00867. The monoisotopic (exact) mass is 341 g/mol. The second-order valence-electron chi connectivity index (χ2n) is 6.52.